The van der Waals surface area contributed by atoms with Gasteiger partial charge in [0.2, 0.25) is 0 Å². The van der Waals surface area contributed by atoms with Crippen LogP contribution in [0.1, 0.15) is 25.0 Å². The van der Waals surface area contributed by atoms with Gasteiger partial charge in [0.15, 0.2) is 5.78 Å². The monoisotopic (exact) mass is 387 g/mol. The van der Waals surface area contributed by atoms with Crippen molar-refractivity contribution in [1.29, 1.82) is 0 Å². The van der Waals surface area contributed by atoms with Gasteiger partial charge in [-0.1, -0.05) is 83.5 Å². The second-order valence-electron chi connectivity index (χ2n) is 6.68. The third-order valence-corrected chi connectivity index (χ3v) is 5.00. The van der Waals surface area contributed by atoms with E-state index in [-0.39, 0.29) is 16.5 Å². The van der Waals surface area contributed by atoms with Gasteiger partial charge in [-0.25, -0.2) is 0 Å². The first kappa shape index (κ1) is 18.9. The van der Waals surface area contributed by atoms with Crippen LogP contribution in [0.2, 0.25) is 0 Å². The molecule has 2 aromatic carbocycles. The quantitative estimate of drug-likeness (QED) is 0.650. The SMILES string of the molecule is C[C@H](Br)C(=O)C(c1ccccc1)(c1ccccc1)[C@@H](C)CN(C)C. The number of hydrogen-bond donors (Lipinski definition) is 0. The average Bonchev–Trinajstić information content (AvgIpc) is 2.56. The lowest BCUT2D eigenvalue weighted by Crippen LogP contribution is -2.49. The van der Waals surface area contributed by atoms with Crippen molar-refractivity contribution in [2.75, 3.05) is 20.6 Å². The van der Waals surface area contributed by atoms with Crippen LogP contribution in [0.5, 0.6) is 0 Å². The van der Waals surface area contributed by atoms with Crippen molar-refractivity contribution in [3.8, 4) is 0 Å². The normalized spacial score (nSPS) is 14.4. The molecule has 0 heterocycles. The second-order valence-corrected chi connectivity index (χ2v) is 8.06. The number of carbonyl (C=O) groups excluding carboxylic acids is 1. The highest BCUT2D eigenvalue weighted by Crippen LogP contribution is 2.42. The number of carbonyl (C=O) groups is 1. The maximum Gasteiger partial charge on any atom is 0.161 e. The Kier molecular flexibility index (Phi) is 6.36. The highest BCUT2D eigenvalue weighted by Gasteiger charge is 2.47. The summed E-state index contributed by atoms with van der Waals surface area (Å²) in [6.07, 6.45) is 0. The maximum absolute atomic E-state index is 13.5. The molecule has 0 amide bonds. The largest absolute Gasteiger partial charge is 0.309 e. The summed E-state index contributed by atoms with van der Waals surface area (Å²) in [6, 6.07) is 20.4. The fourth-order valence-electron chi connectivity index (χ4n) is 3.66. The van der Waals surface area contributed by atoms with Gasteiger partial charge >= 0.3 is 0 Å². The van der Waals surface area contributed by atoms with Crippen LogP contribution in [-0.2, 0) is 10.2 Å². The van der Waals surface area contributed by atoms with Crippen LogP contribution in [0.15, 0.2) is 60.7 Å². The first-order chi connectivity index (χ1) is 11.4. The molecule has 0 aliphatic rings. The lowest BCUT2D eigenvalue weighted by Gasteiger charge is -2.41. The number of alkyl halides is 1. The minimum atomic E-state index is -0.671. The summed E-state index contributed by atoms with van der Waals surface area (Å²) in [4.78, 5) is 15.5. The van der Waals surface area contributed by atoms with E-state index < -0.39 is 5.41 Å². The van der Waals surface area contributed by atoms with E-state index in [1.165, 1.54) is 0 Å². The van der Waals surface area contributed by atoms with E-state index >= 15 is 0 Å². The number of hydrogen-bond acceptors (Lipinski definition) is 2. The summed E-state index contributed by atoms with van der Waals surface area (Å²) in [5.41, 5.74) is 1.44. The Morgan fingerprint density at radius 2 is 1.38 bits per heavy atom. The summed E-state index contributed by atoms with van der Waals surface area (Å²) in [6.45, 7) is 4.92. The molecule has 0 unspecified atom stereocenters. The van der Waals surface area contributed by atoms with Gasteiger partial charge in [-0.05, 0) is 38.1 Å². The highest BCUT2D eigenvalue weighted by molar-refractivity contribution is 9.10. The fourth-order valence-corrected chi connectivity index (χ4v) is 4.02. The number of nitrogens with zero attached hydrogens (tertiary/aromatic N) is 1. The van der Waals surface area contributed by atoms with Gasteiger partial charge in [0.05, 0.1) is 10.2 Å². The Hall–Kier alpha value is -1.45. The molecular weight excluding hydrogens is 362 g/mol. The van der Waals surface area contributed by atoms with E-state index in [0.717, 1.165) is 17.7 Å². The third kappa shape index (κ3) is 3.62. The van der Waals surface area contributed by atoms with Crippen LogP contribution in [0, 0.1) is 5.92 Å². The Bertz CT molecular complexity index is 613. The van der Waals surface area contributed by atoms with Gasteiger partial charge in [-0.3, -0.25) is 4.79 Å². The van der Waals surface area contributed by atoms with Gasteiger partial charge in [0.25, 0.3) is 0 Å². The van der Waals surface area contributed by atoms with Crippen LogP contribution >= 0.6 is 15.9 Å². The highest BCUT2D eigenvalue weighted by atomic mass is 79.9. The molecule has 2 rings (SSSR count). The van der Waals surface area contributed by atoms with Crippen LogP contribution in [0.25, 0.3) is 0 Å². The molecule has 0 bridgehead atoms. The van der Waals surface area contributed by atoms with Crippen molar-refractivity contribution in [1.82, 2.24) is 4.90 Å². The predicted octanol–water partition coefficient (Wildman–Crippen LogP) is 4.52. The molecule has 2 nitrogen and oxygen atoms in total. The summed E-state index contributed by atoms with van der Waals surface area (Å²) in [5.74, 6) is 0.332. The predicted molar refractivity (Wildman–Crippen MR) is 105 cm³/mol. The van der Waals surface area contributed by atoms with Gasteiger partial charge in [-0.15, -0.1) is 0 Å². The zero-order valence-corrected chi connectivity index (χ0v) is 16.5. The van der Waals surface area contributed by atoms with Crippen LogP contribution < -0.4 is 0 Å². The molecule has 2 atom stereocenters. The molecule has 3 heteroatoms. The molecule has 0 fully saturated rings. The zero-order valence-electron chi connectivity index (χ0n) is 14.9. The molecule has 128 valence electrons. The summed E-state index contributed by atoms with van der Waals surface area (Å²) < 4.78 is 0. The minimum Gasteiger partial charge on any atom is -0.309 e. The van der Waals surface area contributed by atoms with E-state index in [4.69, 9.17) is 0 Å². The van der Waals surface area contributed by atoms with Gasteiger partial charge in [0.1, 0.15) is 0 Å². The van der Waals surface area contributed by atoms with E-state index in [0.29, 0.717) is 0 Å². The van der Waals surface area contributed by atoms with E-state index in [1.807, 2.05) is 43.3 Å². The molecule has 0 N–H and O–H groups in total. The van der Waals surface area contributed by atoms with Crippen molar-refractivity contribution in [2.24, 2.45) is 5.92 Å². The first-order valence-corrected chi connectivity index (χ1v) is 9.26. The summed E-state index contributed by atoms with van der Waals surface area (Å²) in [7, 11) is 4.11. The number of rotatable bonds is 7. The van der Waals surface area contributed by atoms with E-state index in [1.54, 1.807) is 0 Å². The maximum atomic E-state index is 13.5. The van der Waals surface area contributed by atoms with Gasteiger partial charge in [0, 0.05) is 6.54 Å². The number of Topliss-reactive ketones (excluding diaryl/α,β-unsaturated/α-hetero) is 1. The molecule has 0 radical (unpaired) electrons. The molecule has 0 aliphatic heterocycles. The Morgan fingerprint density at radius 1 is 0.958 bits per heavy atom. The Balaban J connectivity index is 2.75. The van der Waals surface area contributed by atoms with Crippen LogP contribution in [0.3, 0.4) is 0 Å². The molecule has 0 saturated carbocycles. The van der Waals surface area contributed by atoms with E-state index in [2.05, 4.69) is 66.1 Å². The van der Waals surface area contributed by atoms with Crippen LogP contribution in [0.4, 0.5) is 0 Å². The average molecular weight is 388 g/mol. The zero-order chi connectivity index (χ0) is 17.7. The molecule has 2 aromatic rings. The standard InChI is InChI=1S/C21H26BrNO/c1-16(15-23(3)4)21(20(24)17(2)22,18-11-7-5-8-12-18)19-13-9-6-10-14-19/h5-14,16-17H,15H2,1-4H3/t16-,17-/m0/s1. The Morgan fingerprint density at radius 3 is 1.71 bits per heavy atom. The number of ketones is 1. The lowest BCUT2D eigenvalue weighted by molar-refractivity contribution is -0.124. The molecular formula is C21H26BrNO. The third-order valence-electron chi connectivity index (χ3n) is 4.59. The van der Waals surface area contributed by atoms with Crippen molar-refractivity contribution in [3.05, 3.63) is 71.8 Å². The molecule has 0 spiro atoms. The second kappa shape index (κ2) is 8.09. The first-order valence-electron chi connectivity index (χ1n) is 8.34. The van der Waals surface area contributed by atoms with Gasteiger partial charge < -0.3 is 4.90 Å². The number of benzene rings is 2. The molecule has 0 saturated heterocycles. The van der Waals surface area contributed by atoms with Gasteiger partial charge in [-0.2, -0.15) is 0 Å². The van der Waals surface area contributed by atoms with Crippen LogP contribution in [-0.4, -0.2) is 36.2 Å². The van der Waals surface area contributed by atoms with Crippen molar-refractivity contribution < 1.29 is 4.79 Å². The lowest BCUT2D eigenvalue weighted by atomic mass is 9.63. The fraction of sp³-hybridized carbons (Fsp3) is 0.381. The summed E-state index contributed by atoms with van der Waals surface area (Å²) >= 11 is 3.54. The molecule has 0 aromatic heterocycles. The molecule has 24 heavy (non-hydrogen) atoms. The summed E-state index contributed by atoms with van der Waals surface area (Å²) in [5, 5.41) is 0. The van der Waals surface area contributed by atoms with Crippen molar-refractivity contribution in [2.45, 2.75) is 24.1 Å². The Labute approximate surface area is 154 Å². The number of halogens is 1. The topological polar surface area (TPSA) is 20.3 Å². The van der Waals surface area contributed by atoms with E-state index in [9.17, 15) is 4.79 Å². The molecule has 0 aliphatic carbocycles. The smallest absolute Gasteiger partial charge is 0.161 e. The van der Waals surface area contributed by atoms with Crippen molar-refractivity contribution in [3.63, 3.8) is 0 Å². The van der Waals surface area contributed by atoms with Crippen molar-refractivity contribution >= 4 is 21.7 Å². The minimum absolute atomic E-state index is 0.129.